The molecule has 1 amide bonds. The maximum atomic E-state index is 13.4. The van der Waals surface area contributed by atoms with E-state index in [9.17, 15) is 14.0 Å². The van der Waals surface area contributed by atoms with Crippen molar-refractivity contribution in [2.24, 2.45) is 0 Å². The highest BCUT2D eigenvalue weighted by atomic mass is 19.1. The monoisotopic (exact) mass is 333 g/mol. The van der Waals surface area contributed by atoms with Crippen molar-refractivity contribution in [3.63, 3.8) is 0 Å². The lowest BCUT2D eigenvalue weighted by atomic mass is 9.97. The van der Waals surface area contributed by atoms with Crippen LogP contribution in [0.2, 0.25) is 0 Å². The van der Waals surface area contributed by atoms with Gasteiger partial charge < -0.3 is 10.1 Å². The first-order valence-corrected chi connectivity index (χ1v) is 8.49. The van der Waals surface area contributed by atoms with Gasteiger partial charge >= 0.3 is 5.97 Å². The largest absolute Gasteiger partial charge is 0.456 e. The molecule has 1 N–H and O–H groups in total. The first kappa shape index (κ1) is 18.2. The standard InChI is InChI=1S/C19H24FNO3/c20-17-9-5-4-8-16(17)10-11-19(23)24-14-18(22)21-13-12-15-6-2-1-3-7-15/h4-6,8-9H,1-3,7,10-14H2,(H,21,22). The average Bonchev–Trinajstić information content (AvgIpc) is 2.60. The van der Waals surface area contributed by atoms with Crippen LogP contribution in [-0.2, 0) is 20.7 Å². The van der Waals surface area contributed by atoms with Gasteiger partial charge in [-0.15, -0.1) is 0 Å². The van der Waals surface area contributed by atoms with Gasteiger partial charge in [0.2, 0.25) is 0 Å². The number of ether oxygens (including phenoxy) is 1. The second-order valence-corrected chi connectivity index (χ2v) is 5.96. The highest BCUT2D eigenvalue weighted by Gasteiger charge is 2.10. The normalized spacial score (nSPS) is 14.0. The lowest BCUT2D eigenvalue weighted by Gasteiger charge is -2.13. The van der Waals surface area contributed by atoms with Crippen LogP contribution in [0.1, 0.15) is 44.1 Å². The molecule has 0 fully saturated rings. The van der Waals surface area contributed by atoms with Crippen molar-refractivity contribution in [2.75, 3.05) is 13.2 Å². The Morgan fingerprint density at radius 1 is 1.17 bits per heavy atom. The molecule has 0 aliphatic heterocycles. The molecule has 0 bridgehead atoms. The molecule has 24 heavy (non-hydrogen) atoms. The fourth-order valence-corrected chi connectivity index (χ4v) is 2.70. The number of carbonyl (C=O) groups excluding carboxylic acids is 2. The van der Waals surface area contributed by atoms with Crippen LogP contribution < -0.4 is 5.32 Å². The van der Waals surface area contributed by atoms with Gasteiger partial charge in [-0.1, -0.05) is 29.8 Å². The Kier molecular flexibility index (Phi) is 7.46. The number of rotatable bonds is 8. The Morgan fingerprint density at radius 2 is 2.00 bits per heavy atom. The Morgan fingerprint density at radius 3 is 2.75 bits per heavy atom. The maximum Gasteiger partial charge on any atom is 0.306 e. The molecular formula is C19H24FNO3. The number of nitrogens with one attached hydrogen (secondary N) is 1. The lowest BCUT2D eigenvalue weighted by Crippen LogP contribution is -2.30. The molecule has 0 atom stereocenters. The predicted octanol–water partition coefficient (Wildman–Crippen LogP) is 3.31. The van der Waals surface area contributed by atoms with E-state index in [1.54, 1.807) is 18.2 Å². The van der Waals surface area contributed by atoms with E-state index >= 15 is 0 Å². The zero-order valence-electron chi connectivity index (χ0n) is 13.9. The van der Waals surface area contributed by atoms with E-state index in [0.29, 0.717) is 12.1 Å². The van der Waals surface area contributed by atoms with Gasteiger partial charge in [0.05, 0.1) is 0 Å². The summed E-state index contributed by atoms with van der Waals surface area (Å²) in [7, 11) is 0. The van der Waals surface area contributed by atoms with Gasteiger partial charge in [0.25, 0.3) is 5.91 Å². The third-order valence-electron chi connectivity index (χ3n) is 4.07. The Bertz CT molecular complexity index is 598. The number of hydrogen-bond acceptors (Lipinski definition) is 3. The second kappa shape index (κ2) is 9.85. The van der Waals surface area contributed by atoms with E-state index < -0.39 is 5.97 Å². The Balaban J connectivity index is 1.58. The Labute approximate surface area is 142 Å². The van der Waals surface area contributed by atoms with Crippen LogP contribution >= 0.6 is 0 Å². The third-order valence-corrected chi connectivity index (χ3v) is 4.07. The van der Waals surface area contributed by atoms with Gasteiger partial charge in [0.15, 0.2) is 6.61 Å². The molecule has 5 heteroatoms. The van der Waals surface area contributed by atoms with Gasteiger partial charge in [0.1, 0.15) is 5.82 Å². The predicted molar refractivity (Wildman–Crippen MR) is 89.9 cm³/mol. The summed E-state index contributed by atoms with van der Waals surface area (Å²) in [6, 6.07) is 6.31. The first-order valence-electron chi connectivity index (χ1n) is 8.49. The van der Waals surface area contributed by atoms with Crippen molar-refractivity contribution in [3.8, 4) is 0 Å². The number of halogens is 1. The quantitative estimate of drug-likeness (QED) is 0.586. The number of carbonyl (C=O) groups is 2. The van der Waals surface area contributed by atoms with Crippen LogP contribution in [-0.4, -0.2) is 25.0 Å². The molecule has 1 aliphatic carbocycles. The molecule has 1 aromatic rings. The molecule has 1 aliphatic rings. The smallest absolute Gasteiger partial charge is 0.306 e. The summed E-state index contributed by atoms with van der Waals surface area (Å²) in [5.41, 5.74) is 1.86. The van der Waals surface area contributed by atoms with Crippen LogP contribution in [0.4, 0.5) is 4.39 Å². The molecule has 0 aromatic heterocycles. The number of amides is 1. The highest BCUT2D eigenvalue weighted by Crippen LogP contribution is 2.19. The molecule has 0 radical (unpaired) electrons. The minimum absolute atomic E-state index is 0.0566. The number of hydrogen-bond donors (Lipinski definition) is 1. The van der Waals surface area contributed by atoms with Crippen LogP contribution in [0.3, 0.4) is 0 Å². The summed E-state index contributed by atoms with van der Waals surface area (Å²) in [5.74, 6) is -1.13. The summed E-state index contributed by atoms with van der Waals surface area (Å²) in [6.07, 6.45) is 8.13. The maximum absolute atomic E-state index is 13.4. The lowest BCUT2D eigenvalue weighted by molar-refractivity contribution is -0.148. The van der Waals surface area contributed by atoms with E-state index in [1.165, 1.54) is 24.5 Å². The number of allylic oxidation sites excluding steroid dienone is 1. The molecule has 0 spiro atoms. The molecule has 0 saturated carbocycles. The van der Waals surface area contributed by atoms with Crippen molar-refractivity contribution in [3.05, 3.63) is 47.3 Å². The van der Waals surface area contributed by atoms with E-state index in [0.717, 1.165) is 19.3 Å². The van der Waals surface area contributed by atoms with Gasteiger partial charge in [-0.3, -0.25) is 9.59 Å². The van der Waals surface area contributed by atoms with E-state index in [2.05, 4.69) is 11.4 Å². The topological polar surface area (TPSA) is 55.4 Å². The minimum atomic E-state index is -0.497. The van der Waals surface area contributed by atoms with Gasteiger partial charge in [-0.2, -0.15) is 0 Å². The summed E-state index contributed by atoms with van der Waals surface area (Å²) < 4.78 is 18.3. The highest BCUT2D eigenvalue weighted by molar-refractivity contribution is 5.80. The Hall–Kier alpha value is -2.17. The molecule has 2 rings (SSSR count). The van der Waals surface area contributed by atoms with Crippen LogP contribution in [0.15, 0.2) is 35.9 Å². The summed E-state index contributed by atoms with van der Waals surface area (Å²) >= 11 is 0. The van der Waals surface area contributed by atoms with E-state index in [-0.39, 0.29) is 31.2 Å². The summed E-state index contributed by atoms with van der Waals surface area (Å²) in [4.78, 5) is 23.3. The van der Waals surface area contributed by atoms with E-state index in [1.807, 2.05) is 0 Å². The van der Waals surface area contributed by atoms with Crippen molar-refractivity contribution < 1.29 is 18.7 Å². The number of benzene rings is 1. The zero-order valence-corrected chi connectivity index (χ0v) is 13.9. The number of aryl methyl sites for hydroxylation is 1. The van der Waals surface area contributed by atoms with Crippen molar-refractivity contribution >= 4 is 11.9 Å². The van der Waals surface area contributed by atoms with Crippen LogP contribution in [0.25, 0.3) is 0 Å². The molecule has 1 aromatic carbocycles. The molecular weight excluding hydrogens is 309 g/mol. The van der Waals surface area contributed by atoms with Gasteiger partial charge in [-0.25, -0.2) is 4.39 Å². The number of esters is 1. The first-order chi connectivity index (χ1) is 11.6. The van der Waals surface area contributed by atoms with Crippen molar-refractivity contribution in [2.45, 2.75) is 44.9 Å². The van der Waals surface area contributed by atoms with Gasteiger partial charge in [-0.05, 0) is 50.2 Å². The fraction of sp³-hybridized carbons (Fsp3) is 0.474. The summed E-state index contributed by atoms with van der Waals surface area (Å²) in [5, 5.41) is 2.75. The summed E-state index contributed by atoms with van der Waals surface area (Å²) in [6.45, 7) is 0.284. The molecule has 0 saturated heterocycles. The van der Waals surface area contributed by atoms with Crippen molar-refractivity contribution in [1.29, 1.82) is 0 Å². The zero-order chi connectivity index (χ0) is 17.2. The van der Waals surface area contributed by atoms with E-state index in [4.69, 9.17) is 4.74 Å². The average molecular weight is 333 g/mol. The van der Waals surface area contributed by atoms with Crippen molar-refractivity contribution in [1.82, 2.24) is 5.32 Å². The van der Waals surface area contributed by atoms with Gasteiger partial charge in [0, 0.05) is 13.0 Å². The minimum Gasteiger partial charge on any atom is -0.456 e. The van der Waals surface area contributed by atoms with Crippen LogP contribution in [0, 0.1) is 5.82 Å². The molecule has 4 nitrogen and oxygen atoms in total. The van der Waals surface area contributed by atoms with Crippen LogP contribution in [0.5, 0.6) is 0 Å². The molecule has 130 valence electrons. The SMILES string of the molecule is O=C(COC(=O)CCc1ccccc1F)NCCC1=CCCCC1. The molecule has 0 heterocycles. The fourth-order valence-electron chi connectivity index (χ4n) is 2.70. The second-order valence-electron chi connectivity index (χ2n) is 5.96. The molecule has 0 unspecified atom stereocenters. The third kappa shape index (κ3) is 6.52.